The maximum Gasteiger partial charge on any atom is 0.311 e. The van der Waals surface area contributed by atoms with Crippen molar-refractivity contribution in [1.82, 2.24) is 41.3 Å². The number of fused-ring (bicyclic) bond motifs is 2. The molecule has 2 aromatic carbocycles. The molecule has 0 radical (unpaired) electrons. The summed E-state index contributed by atoms with van der Waals surface area (Å²) in [4.78, 5) is 151. The summed E-state index contributed by atoms with van der Waals surface area (Å²) < 4.78 is 14.5. The number of benzene rings is 2. The fraction of sp³-hybridized carbons (Fsp3) is 0.458. The Morgan fingerprint density at radius 2 is 1.13 bits per heavy atom. The summed E-state index contributed by atoms with van der Waals surface area (Å²) in [6.45, 7) is 5.16. The lowest BCUT2D eigenvalue weighted by Crippen LogP contribution is -2.64. The Kier molecular flexibility index (Phi) is 19.9. The molecule has 0 aromatic heterocycles. The highest BCUT2D eigenvalue weighted by atomic mass is 16.5. The van der Waals surface area contributed by atoms with Crippen molar-refractivity contribution in [2.24, 2.45) is 0 Å². The van der Waals surface area contributed by atoms with Crippen LogP contribution in [0.15, 0.2) is 72.6 Å². The van der Waals surface area contributed by atoms with E-state index in [1.165, 1.54) is 10.0 Å². The highest BCUT2D eigenvalue weighted by Crippen LogP contribution is 2.27. The number of carbonyl (C=O) groups is 12. The minimum atomic E-state index is -1.13. The summed E-state index contributed by atoms with van der Waals surface area (Å²) in [5, 5.41) is 15.0. The number of amides is 8. The molecule has 2 aromatic rings. The second-order valence-electron chi connectivity index (χ2n) is 16.6. The Labute approximate surface area is 408 Å². The average molecular weight is 987 g/mol. The zero-order chi connectivity index (χ0) is 51.6. The van der Waals surface area contributed by atoms with Gasteiger partial charge in [0.05, 0.1) is 37.8 Å². The molecule has 4 saturated heterocycles. The van der Waals surface area contributed by atoms with Crippen LogP contribution in [0.25, 0.3) is 0 Å². The summed E-state index contributed by atoms with van der Waals surface area (Å²) in [6, 6.07) is 11.4. The normalized spacial score (nSPS) is 20.5. The monoisotopic (exact) mass is 986 g/mol. The van der Waals surface area contributed by atoms with Gasteiger partial charge in [-0.3, -0.25) is 62.8 Å². The van der Waals surface area contributed by atoms with Gasteiger partial charge >= 0.3 is 17.9 Å². The number of hydrogen-bond donors (Lipinski definition) is 4. The lowest BCUT2D eigenvalue weighted by molar-refractivity contribution is -0.176. The van der Waals surface area contributed by atoms with Gasteiger partial charge in [-0.1, -0.05) is 36.4 Å². The van der Waals surface area contributed by atoms with Crippen molar-refractivity contribution in [3.8, 4) is 0 Å². The molecule has 4 fully saturated rings. The largest absolute Gasteiger partial charge is 0.466 e. The molecule has 8 amide bonds. The van der Waals surface area contributed by atoms with Crippen LogP contribution in [0.4, 0.5) is 0 Å². The van der Waals surface area contributed by atoms with Crippen molar-refractivity contribution < 1.29 is 71.7 Å². The van der Waals surface area contributed by atoms with E-state index >= 15 is 0 Å². The molecule has 0 aliphatic carbocycles. The Morgan fingerprint density at radius 1 is 0.662 bits per heavy atom. The molecule has 71 heavy (non-hydrogen) atoms. The Bertz CT molecular complexity index is 2360. The fourth-order valence-electron chi connectivity index (χ4n) is 8.16. The maximum absolute atomic E-state index is 13.5. The van der Waals surface area contributed by atoms with Crippen molar-refractivity contribution in [1.29, 1.82) is 0 Å². The van der Waals surface area contributed by atoms with Crippen molar-refractivity contribution in [2.75, 3.05) is 26.3 Å². The van der Waals surface area contributed by atoms with Crippen LogP contribution in [-0.4, -0.2) is 148 Å². The van der Waals surface area contributed by atoms with Gasteiger partial charge in [0.25, 0.3) is 23.6 Å². The van der Waals surface area contributed by atoms with Crippen LogP contribution in [0.1, 0.15) is 106 Å². The van der Waals surface area contributed by atoms with Gasteiger partial charge in [-0.25, -0.2) is 10.0 Å². The zero-order valence-electron chi connectivity index (χ0n) is 39.6. The lowest BCUT2D eigenvalue weighted by atomic mass is 10.0. The molecular formula is C48H58N8O15. The summed E-state index contributed by atoms with van der Waals surface area (Å²) >= 11 is 0. The molecule has 5 atom stereocenters. The molecule has 4 aliphatic rings. The van der Waals surface area contributed by atoms with E-state index in [0.29, 0.717) is 30.3 Å². The molecule has 0 bridgehead atoms. The van der Waals surface area contributed by atoms with Gasteiger partial charge in [0.2, 0.25) is 23.6 Å². The third-order valence-electron chi connectivity index (χ3n) is 11.5. The third-order valence-corrected chi connectivity index (χ3v) is 11.5. The molecule has 0 spiro atoms. The Morgan fingerprint density at radius 3 is 1.58 bits per heavy atom. The predicted molar refractivity (Wildman–Crippen MR) is 246 cm³/mol. The van der Waals surface area contributed by atoms with E-state index in [1.807, 2.05) is 0 Å². The van der Waals surface area contributed by atoms with Gasteiger partial charge < -0.3 is 40.3 Å². The minimum Gasteiger partial charge on any atom is -0.466 e. The number of aldehydes is 1. The predicted octanol–water partition coefficient (Wildman–Crippen LogP) is 0.738. The van der Waals surface area contributed by atoms with Crippen LogP contribution in [0.5, 0.6) is 0 Å². The van der Waals surface area contributed by atoms with Crippen LogP contribution >= 0.6 is 0 Å². The number of nitrogens with zero attached hydrogens (tertiary/aromatic N) is 4. The minimum absolute atomic E-state index is 0.0107. The summed E-state index contributed by atoms with van der Waals surface area (Å²) in [5.74, 6) is -6.09. The topological polar surface area (TPSA) is 294 Å². The molecule has 23 heteroatoms. The average Bonchev–Trinajstić information content (AvgIpc) is 3.56. The van der Waals surface area contributed by atoms with Gasteiger partial charge in [-0.15, -0.1) is 0 Å². The Hall–Kier alpha value is -7.98. The van der Waals surface area contributed by atoms with E-state index < -0.39 is 83.6 Å². The quantitative estimate of drug-likeness (QED) is 0.0781. The third kappa shape index (κ3) is 14.8. The molecule has 0 saturated carbocycles. The van der Waals surface area contributed by atoms with Gasteiger partial charge in [-0.05, 0) is 76.6 Å². The number of esters is 3. The first-order chi connectivity index (χ1) is 34.1. The van der Waals surface area contributed by atoms with Crippen LogP contribution < -0.4 is 21.3 Å². The summed E-state index contributed by atoms with van der Waals surface area (Å²) in [6.07, 6.45) is 2.26. The van der Waals surface area contributed by atoms with Crippen molar-refractivity contribution in [3.05, 3.63) is 83.7 Å². The molecule has 0 unspecified atom stereocenters. The van der Waals surface area contributed by atoms with Gasteiger partial charge in [0, 0.05) is 44.0 Å². The van der Waals surface area contributed by atoms with Gasteiger partial charge in [0.15, 0.2) is 0 Å². The van der Waals surface area contributed by atoms with Crippen molar-refractivity contribution in [2.45, 2.75) is 115 Å². The molecule has 23 nitrogen and oxygen atoms in total. The molecule has 4 aliphatic heterocycles. The van der Waals surface area contributed by atoms with E-state index in [0.717, 1.165) is 23.2 Å². The summed E-state index contributed by atoms with van der Waals surface area (Å²) in [5.41, 5.74) is 0.677. The SMILES string of the molecule is CCOC(=O)CC(=COC(C)=O)NC(=O)[C@@H]1CCCN2C(=O)CC[C@H](NC(=O)c3ccccc3)C(=O)N12.CCOC(=O)C[C@@H](C=O)NC(=O)[C@@H]1CCCN2C(=O)CC[C@H](NC(=O)c3ccccc3)C(=O)N12. The number of nitrogens with one attached hydrogen (secondary N) is 4. The number of carbonyl (C=O) groups excluding carboxylic acids is 12. The molecular weight excluding hydrogens is 929 g/mol. The smallest absolute Gasteiger partial charge is 0.311 e. The van der Waals surface area contributed by atoms with Crippen molar-refractivity contribution in [3.63, 3.8) is 0 Å². The van der Waals surface area contributed by atoms with Crippen LogP contribution in [0, 0.1) is 0 Å². The van der Waals surface area contributed by atoms with E-state index in [2.05, 4.69) is 21.3 Å². The van der Waals surface area contributed by atoms with E-state index in [-0.39, 0.29) is 95.2 Å². The second kappa shape index (κ2) is 26.1. The zero-order valence-corrected chi connectivity index (χ0v) is 39.6. The maximum atomic E-state index is 13.5. The first kappa shape index (κ1) is 54.0. The summed E-state index contributed by atoms with van der Waals surface area (Å²) in [7, 11) is 0. The molecule has 380 valence electrons. The fourth-order valence-corrected chi connectivity index (χ4v) is 8.16. The first-order valence-electron chi connectivity index (χ1n) is 23.3. The second-order valence-corrected chi connectivity index (χ2v) is 16.6. The van der Waals surface area contributed by atoms with E-state index in [9.17, 15) is 57.5 Å². The highest BCUT2D eigenvalue weighted by molar-refractivity contribution is 6.01. The number of ether oxygens (including phenoxy) is 3. The number of hydrogen-bond acceptors (Lipinski definition) is 15. The lowest BCUT2D eigenvalue weighted by Gasteiger charge is -2.43. The standard InChI is InChI=1S/C25H30N4O8.C23H28N4O7/c1-3-36-22(32)14-18(15-37-16(2)30)26-24(34)20-10-7-13-28-21(31)12-11-19(25(35)29(20)28)27-23(33)17-8-5-4-6-9-17;1-2-34-20(30)13-16(14-28)24-22(32)18-9-6-12-26-19(29)11-10-17(23(33)27(18)26)25-21(31)15-7-4-3-5-8-15/h4-6,8-9,15,19-20H,3,7,10-14H2,1-2H3,(H,26,34)(H,27,33);3-5,7-8,14,16-18H,2,6,9-13H2,1H3,(H,24,32)(H,25,31)/t19-,20-;16-,17-,18-/m00/s1. The van der Waals surface area contributed by atoms with Crippen molar-refractivity contribution >= 4 is 71.5 Å². The first-order valence-corrected chi connectivity index (χ1v) is 23.3. The molecule has 4 N–H and O–H groups in total. The van der Waals surface area contributed by atoms with E-state index in [4.69, 9.17) is 14.2 Å². The molecule has 6 rings (SSSR count). The van der Waals surface area contributed by atoms with Crippen LogP contribution in [0.2, 0.25) is 0 Å². The van der Waals surface area contributed by atoms with Crippen LogP contribution in [0.3, 0.4) is 0 Å². The number of rotatable bonds is 16. The number of hydrazine groups is 2. The highest BCUT2D eigenvalue weighted by Gasteiger charge is 2.46. The van der Waals surface area contributed by atoms with Crippen LogP contribution in [-0.2, 0) is 62.2 Å². The Balaban J connectivity index is 0.000000265. The van der Waals surface area contributed by atoms with Gasteiger partial charge in [0.1, 0.15) is 36.7 Å². The molecule has 4 heterocycles. The van der Waals surface area contributed by atoms with Gasteiger partial charge in [-0.2, -0.15) is 0 Å². The van der Waals surface area contributed by atoms with E-state index in [1.54, 1.807) is 74.5 Å².